The highest BCUT2D eigenvalue weighted by molar-refractivity contribution is 5.64. The molecule has 0 saturated carbocycles. The van der Waals surface area contributed by atoms with Gasteiger partial charge in [0, 0.05) is 62.6 Å². The van der Waals surface area contributed by atoms with Gasteiger partial charge in [0.25, 0.3) is 5.92 Å². The first-order valence-electron chi connectivity index (χ1n) is 14.5. The van der Waals surface area contributed by atoms with Crippen molar-refractivity contribution in [1.29, 1.82) is 5.26 Å². The summed E-state index contributed by atoms with van der Waals surface area (Å²) in [6, 6.07) is 15.4. The summed E-state index contributed by atoms with van der Waals surface area (Å²) in [5.74, 6) is -2.37. The van der Waals surface area contributed by atoms with Gasteiger partial charge >= 0.3 is 0 Å². The van der Waals surface area contributed by atoms with Crippen molar-refractivity contribution in [2.24, 2.45) is 0 Å². The summed E-state index contributed by atoms with van der Waals surface area (Å²) in [5.41, 5.74) is 2.62. The van der Waals surface area contributed by atoms with Crippen molar-refractivity contribution in [1.82, 2.24) is 24.8 Å². The van der Waals surface area contributed by atoms with Crippen LogP contribution in [0.5, 0.6) is 5.75 Å². The molecule has 13 heteroatoms. The lowest BCUT2D eigenvalue weighted by Gasteiger charge is -2.43. The molecule has 3 saturated heterocycles. The lowest BCUT2D eigenvalue weighted by atomic mass is 10.0. The van der Waals surface area contributed by atoms with E-state index in [2.05, 4.69) is 42.2 Å². The van der Waals surface area contributed by atoms with E-state index in [0.717, 1.165) is 50.8 Å². The molecule has 11 nitrogen and oxygen atoms in total. The van der Waals surface area contributed by atoms with Gasteiger partial charge in [-0.1, -0.05) is 0 Å². The molecule has 0 amide bonds. The van der Waals surface area contributed by atoms with E-state index in [0.29, 0.717) is 29.9 Å². The number of nitrogens with one attached hydrogen (secondary N) is 1. The van der Waals surface area contributed by atoms with E-state index >= 15 is 0 Å². The Morgan fingerprint density at radius 1 is 1.07 bits per heavy atom. The van der Waals surface area contributed by atoms with Crippen LogP contribution in [0.25, 0.3) is 11.4 Å². The minimum atomic E-state index is -3.12. The number of halogens is 2. The van der Waals surface area contributed by atoms with Crippen LogP contribution in [0, 0.1) is 11.3 Å². The van der Waals surface area contributed by atoms with Crippen molar-refractivity contribution in [3.05, 3.63) is 54.4 Å². The van der Waals surface area contributed by atoms with Crippen LogP contribution in [0.3, 0.4) is 0 Å². The number of aromatic nitrogens is 3. The van der Waals surface area contributed by atoms with E-state index in [1.807, 2.05) is 18.2 Å². The van der Waals surface area contributed by atoms with E-state index in [4.69, 9.17) is 14.6 Å². The van der Waals surface area contributed by atoms with E-state index in [-0.39, 0.29) is 30.9 Å². The second-order valence-electron chi connectivity index (χ2n) is 11.0. The van der Waals surface area contributed by atoms with Crippen molar-refractivity contribution < 1.29 is 23.4 Å². The second kappa shape index (κ2) is 12.7. The molecule has 3 aromatic rings. The van der Waals surface area contributed by atoms with Gasteiger partial charge in [-0.2, -0.15) is 10.2 Å². The third-order valence-electron chi connectivity index (χ3n) is 8.17. The number of aliphatic hydroxyl groups is 1. The van der Waals surface area contributed by atoms with E-state index < -0.39 is 18.6 Å². The van der Waals surface area contributed by atoms with Crippen molar-refractivity contribution in [3.8, 4) is 23.2 Å². The molecule has 3 fully saturated rings. The molecule has 0 spiro atoms. The first-order chi connectivity index (χ1) is 20.9. The zero-order chi connectivity index (χ0) is 29.8. The van der Waals surface area contributed by atoms with Crippen molar-refractivity contribution in [3.63, 3.8) is 0 Å². The Balaban J connectivity index is 1.09. The smallest absolute Gasteiger partial charge is 0.296 e. The highest BCUT2D eigenvalue weighted by atomic mass is 19.3. The number of piperidine rings is 1. The summed E-state index contributed by atoms with van der Waals surface area (Å²) < 4.78 is 40.4. The summed E-state index contributed by atoms with van der Waals surface area (Å²) in [6.07, 6.45) is 0.0885. The van der Waals surface area contributed by atoms with Gasteiger partial charge in [-0.05, 0) is 42.5 Å². The Bertz CT molecular complexity index is 1440. The van der Waals surface area contributed by atoms with Crippen LogP contribution < -0.4 is 15.0 Å². The van der Waals surface area contributed by atoms with E-state index in [9.17, 15) is 14.0 Å². The van der Waals surface area contributed by atoms with Crippen LogP contribution in [0.2, 0.25) is 0 Å². The second-order valence-corrected chi connectivity index (χ2v) is 11.0. The maximum absolute atomic E-state index is 14.7. The average molecular weight is 593 g/mol. The van der Waals surface area contributed by atoms with Gasteiger partial charge in [-0.3, -0.25) is 9.80 Å². The van der Waals surface area contributed by atoms with E-state index in [1.165, 1.54) is 23.4 Å². The zero-order valence-corrected chi connectivity index (χ0v) is 23.7. The topological polar surface area (TPSA) is 123 Å². The lowest BCUT2D eigenvalue weighted by molar-refractivity contribution is -0.140. The molecule has 1 aromatic heterocycles. The largest absolute Gasteiger partial charge is 0.483 e. The molecule has 226 valence electrons. The molecule has 3 aliphatic heterocycles. The summed E-state index contributed by atoms with van der Waals surface area (Å²) in [5, 5.41) is 22.0. The fraction of sp³-hybridized carbons (Fsp3) is 0.467. The van der Waals surface area contributed by atoms with Crippen LogP contribution in [-0.4, -0.2) is 114 Å². The number of benzene rings is 2. The van der Waals surface area contributed by atoms with Crippen molar-refractivity contribution in [2.75, 3.05) is 75.9 Å². The molecule has 0 bridgehead atoms. The monoisotopic (exact) mass is 592 g/mol. The van der Waals surface area contributed by atoms with Crippen LogP contribution in [0.1, 0.15) is 12.0 Å². The first-order valence-corrected chi connectivity index (χ1v) is 14.5. The lowest BCUT2D eigenvalue weighted by Crippen LogP contribution is -2.56. The van der Waals surface area contributed by atoms with E-state index in [1.54, 1.807) is 6.07 Å². The SMILES string of the molecule is N#Cc1cc(-c2ncnc(Nc3ccc(N4CCN(C5COC5)CC4)cc3)n2)ccc1OC1CCN(CCO)CC1(F)F. The number of anilines is 3. The Morgan fingerprint density at radius 3 is 2.53 bits per heavy atom. The fourth-order valence-electron chi connectivity index (χ4n) is 5.64. The Morgan fingerprint density at radius 2 is 1.86 bits per heavy atom. The number of hydrogen-bond donors (Lipinski definition) is 2. The summed E-state index contributed by atoms with van der Waals surface area (Å²) in [4.78, 5) is 19.4. The number of nitrogens with zero attached hydrogens (tertiary/aromatic N) is 7. The van der Waals surface area contributed by atoms with Gasteiger partial charge in [-0.15, -0.1) is 0 Å². The number of aliphatic hydroxyl groups excluding tert-OH is 1. The molecule has 1 unspecified atom stereocenters. The van der Waals surface area contributed by atoms with Crippen LogP contribution in [0.4, 0.5) is 26.1 Å². The molecule has 3 aliphatic rings. The van der Waals surface area contributed by atoms with Crippen LogP contribution in [-0.2, 0) is 4.74 Å². The average Bonchev–Trinajstić information content (AvgIpc) is 2.99. The molecule has 2 aromatic carbocycles. The number of hydrogen-bond acceptors (Lipinski definition) is 11. The highest BCUT2D eigenvalue weighted by Gasteiger charge is 2.46. The molecule has 6 rings (SSSR count). The van der Waals surface area contributed by atoms with Crippen molar-refractivity contribution in [2.45, 2.75) is 24.5 Å². The van der Waals surface area contributed by atoms with Gasteiger partial charge in [-0.25, -0.2) is 18.7 Å². The standard InChI is InChI=1S/C30H34F2N8O3/c31-30(32)19-38(13-14-41)8-7-27(30)43-26-6-1-21(15-22(26)16-33)28-34-20-35-29(37-28)36-23-2-4-24(5-3-23)39-9-11-40(12-10-39)25-17-42-18-25/h1-6,15,20,25,27,41H,7-14,17-19H2,(H,34,35,36,37). The van der Waals surface area contributed by atoms with Gasteiger partial charge in [0.1, 0.15) is 18.1 Å². The Labute approximate surface area is 248 Å². The number of nitriles is 1. The molecule has 2 N–H and O–H groups in total. The number of ether oxygens (including phenoxy) is 2. The number of piperazine rings is 1. The molecular weight excluding hydrogens is 558 g/mol. The first kappa shape index (κ1) is 29.1. The van der Waals surface area contributed by atoms with Gasteiger partial charge in [0.15, 0.2) is 11.9 Å². The van der Waals surface area contributed by atoms with Gasteiger partial charge in [0.05, 0.1) is 38.0 Å². The zero-order valence-electron chi connectivity index (χ0n) is 23.7. The van der Waals surface area contributed by atoms with Gasteiger partial charge in [0.2, 0.25) is 5.95 Å². The highest BCUT2D eigenvalue weighted by Crippen LogP contribution is 2.33. The fourth-order valence-corrected chi connectivity index (χ4v) is 5.64. The molecule has 43 heavy (non-hydrogen) atoms. The summed E-state index contributed by atoms with van der Waals surface area (Å²) >= 11 is 0. The third kappa shape index (κ3) is 6.67. The Hall–Kier alpha value is -3.96. The minimum absolute atomic E-state index is 0.0793. The number of β-amino-alcohol motifs (C(OH)–C–C–N with tert-alkyl or cyclic N) is 1. The number of rotatable bonds is 9. The molecular formula is C30H34F2N8O3. The number of likely N-dealkylation sites (tertiary alicyclic amines) is 1. The Kier molecular flexibility index (Phi) is 8.62. The maximum Gasteiger partial charge on any atom is 0.296 e. The molecule has 0 radical (unpaired) electrons. The van der Waals surface area contributed by atoms with Gasteiger partial charge < -0.3 is 24.8 Å². The molecule has 0 aliphatic carbocycles. The summed E-state index contributed by atoms with van der Waals surface area (Å²) in [7, 11) is 0. The third-order valence-corrected chi connectivity index (χ3v) is 8.17. The predicted molar refractivity (Wildman–Crippen MR) is 156 cm³/mol. The maximum atomic E-state index is 14.7. The molecule has 4 heterocycles. The molecule has 1 atom stereocenters. The minimum Gasteiger partial charge on any atom is -0.483 e. The van der Waals surface area contributed by atoms with Crippen molar-refractivity contribution >= 4 is 17.3 Å². The summed E-state index contributed by atoms with van der Waals surface area (Å²) in [6.45, 7) is 5.55. The van der Waals surface area contributed by atoms with Crippen LogP contribution in [0.15, 0.2) is 48.8 Å². The normalized spacial score (nSPS) is 21.2. The number of alkyl halides is 2. The quantitative estimate of drug-likeness (QED) is 0.381. The van der Waals surface area contributed by atoms with Crippen LogP contribution >= 0.6 is 0 Å². The predicted octanol–water partition coefficient (Wildman–Crippen LogP) is 2.76.